The minimum atomic E-state index is -2.51. The van der Waals surface area contributed by atoms with Gasteiger partial charge in [-0.2, -0.15) is 4.99 Å². The van der Waals surface area contributed by atoms with Gasteiger partial charge in [-0.05, 0) is 0 Å². The monoisotopic (exact) mass is 177 g/mol. The Bertz CT molecular complexity index is 153. The highest BCUT2D eigenvalue weighted by Gasteiger charge is 2.31. The van der Waals surface area contributed by atoms with E-state index in [4.69, 9.17) is 13.3 Å². The van der Waals surface area contributed by atoms with Crippen molar-refractivity contribution in [3.05, 3.63) is 0 Å². The summed E-state index contributed by atoms with van der Waals surface area (Å²) < 4.78 is 14.9. The van der Waals surface area contributed by atoms with Crippen LogP contribution in [0.15, 0.2) is 4.99 Å². The second-order valence-electron chi connectivity index (χ2n) is 1.79. The molecular formula is C5H11NO4Si. The number of nitrogens with zero attached hydrogens (tertiary/aromatic N) is 1. The van der Waals surface area contributed by atoms with Crippen LogP contribution in [0.4, 0.5) is 0 Å². The minimum Gasteiger partial charge on any atom is -0.377 e. The maximum atomic E-state index is 9.63. The standard InChI is InChI=1S/C5H11NO4Si/c1-8-11(3,9-2)10-5-6-4-7/h5H2,1-3H3. The van der Waals surface area contributed by atoms with E-state index in [0.29, 0.717) is 0 Å². The summed E-state index contributed by atoms with van der Waals surface area (Å²) >= 11 is 0. The lowest BCUT2D eigenvalue weighted by Crippen LogP contribution is -2.40. The van der Waals surface area contributed by atoms with E-state index in [2.05, 4.69) is 4.99 Å². The van der Waals surface area contributed by atoms with Gasteiger partial charge in [-0.3, -0.25) is 0 Å². The van der Waals surface area contributed by atoms with Gasteiger partial charge in [0.25, 0.3) is 0 Å². The van der Waals surface area contributed by atoms with E-state index >= 15 is 0 Å². The van der Waals surface area contributed by atoms with Gasteiger partial charge in [0.2, 0.25) is 6.08 Å². The lowest BCUT2D eigenvalue weighted by molar-refractivity contribution is 0.109. The van der Waals surface area contributed by atoms with E-state index in [1.165, 1.54) is 20.3 Å². The molecule has 0 aromatic heterocycles. The minimum absolute atomic E-state index is 0.0616. The highest BCUT2D eigenvalue weighted by atomic mass is 28.4. The summed E-state index contributed by atoms with van der Waals surface area (Å²) in [6.07, 6.45) is 1.35. The number of rotatable bonds is 5. The van der Waals surface area contributed by atoms with E-state index in [0.717, 1.165) is 0 Å². The van der Waals surface area contributed by atoms with Gasteiger partial charge in [0.15, 0.2) is 0 Å². The quantitative estimate of drug-likeness (QED) is 0.341. The number of carbonyl (C=O) groups excluding carboxylic acids is 1. The molecule has 0 aromatic rings. The smallest absolute Gasteiger partial charge is 0.377 e. The Morgan fingerprint density at radius 1 is 1.45 bits per heavy atom. The predicted molar refractivity (Wildman–Crippen MR) is 39.7 cm³/mol. The predicted octanol–water partition coefficient (Wildman–Crippen LogP) is 0.158. The van der Waals surface area contributed by atoms with Gasteiger partial charge in [0.05, 0.1) is 0 Å². The van der Waals surface area contributed by atoms with Crippen molar-refractivity contribution in [1.29, 1.82) is 0 Å². The van der Waals surface area contributed by atoms with Crippen molar-refractivity contribution in [1.82, 2.24) is 0 Å². The molecule has 0 saturated heterocycles. The van der Waals surface area contributed by atoms with Crippen LogP contribution in [0.3, 0.4) is 0 Å². The van der Waals surface area contributed by atoms with Gasteiger partial charge >= 0.3 is 8.80 Å². The molecule has 5 nitrogen and oxygen atoms in total. The molecule has 11 heavy (non-hydrogen) atoms. The van der Waals surface area contributed by atoms with Crippen LogP contribution < -0.4 is 0 Å². The third kappa shape index (κ3) is 4.02. The average molecular weight is 177 g/mol. The molecule has 0 N–H and O–H groups in total. The molecule has 0 spiro atoms. The highest BCUT2D eigenvalue weighted by Crippen LogP contribution is 2.04. The van der Waals surface area contributed by atoms with Gasteiger partial charge in [-0.1, -0.05) is 0 Å². The Morgan fingerprint density at radius 2 is 2.00 bits per heavy atom. The fourth-order valence-electron chi connectivity index (χ4n) is 0.377. The van der Waals surface area contributed by atoms with Gasteiger partial charge < -0.3 is 13.3 Å². The lowest BCUT2D eigenvalue weighted by atomic mass is 11.3. The molecule has 0 radical (unpaired) electrons. The molecule has 0 rings (SSSR count). The normalized spacial score (nSPS) is 10.8. The molecule has 0 aliphatic carbocycles. The van der Waals surface area contributed by atoms with E-state index in [1.807, 2.05) is 0 Å². The second kappa shape index (κ2) is 5.17. The van der Waals surface area contributed by atoms with Crippen molar-refractivity contribution in [2.45, 2.75) is 6.55 Å². The maximum Gasteiger partial charge on any atom is 0.498 e. The summed E-state index contributed by atoms with van der Waals surface area (Å²) in [5.41, 5.74) is 0. The Hall–Kier alpha value is -0.523. The third-order valence-electron chi connectivity index (χ3n) is 1.20. The molecule has 0 saturated carbocycles. The summed E-state index contributed by atoms with van der Waals surface area (Å²) in [5.74, 6) is 0. The van der Waals surface area contributed by atoms with Crippen LogP contribution in [0.2, 0.25) is 6.55 Å². The largest absolute Gasteiger partial charge is 0.498 e. The molecule has 0 fully saturated rings. The molecule has 6 heteroatoms. The van der Waals surface area contributed by atoms with E-state index < -0.39 is 8.80 Å². The molecular weight excluding hydrogens is 166 g/mol. The van der Waals surface area contributed by atoms with Crippen LogP contribution in [-0.2, 0) is 18.1 Å². The molecule has 0 unspecified atom stereocenters. The van der Waals surface area contributed by atoms with E-state index in [9.17, 15) is 4.79 Å². The summed E-state index contributed by atoms with van der Waals surface area (Å²) in [7, 11) is 0.466. The number of hydrogen-bond donors (Lipinski definition) is 0. The van der Waals surface area contributed by atoms with Crippen molar-refractivity contribution >= 4 is 14.9 Å². The Labute approximate surface area is 66.3 Å². The zero-order valence-corrected chi connectivity index (χ0v) is 7.79. The van der Waals surface area contributed by atoms with Gasteiger partial charge in [0, 0.05) is 20.8 Å². The molecule has 0 bridgehead atoms. The first-order chi connectivity index (χ1) is 5.18. The van der Waals surface area contributed by atoms with Crippen LogP contribution in [0.5, 0.6) is 0 Å². The Morgan fingerprint density at radius 3 is 2.36 bits per heavy atom. The summed E-state index contributed by atoms with van der Waals surface area (Å²) in [6.45, 7) is 1.64. The van der Waals surface area contributed by atoms with Crippen molar-refractivity contribution in [3.8, 4) is 0 Å². The van der Waals surface area contributed by atoms with Crippen LogP contribution in [-0.4, -0.2) is 35.8 Å². The Balaban J connectivity index is 3.77. The Kier molecular flexibility index (Phi) is 4.92. The fourth-order valence-corrected chi connectivity index (χ4v) is 1.08. The van der Waals surface area contributed by atoms with Crippen LogP contribution in [0.1, 0.15) is 0 Å². The topological polar surface area (TPSA) is 57.1 Å². The first kappa shape index (κ1) is 10.5. The van der Waals surface area contributed by atoms with Crippen molar-refractivity contribution in [3.63, 3.8) is 0 Å². The first-order valence-corrected chi connectivity index (χ1v) is 5.19. The molecule has 0 atom stereocenters. The average Bonchev–Trinajstić information content (AvgIpc) is 2.05. The van der Waals surface area contributed by atoms with Gasteiger partial charge in [-0.15, -0.1) is 0 Å². The zero-order chi connectivity index (χ0) is 8.74. The molecule has 0 aromatic carbocycles. The van der Waals surface area contributed by atoms with Crippen molar-refractivity contribution in [2.75, 3.05) is 21.0 Å². The van der Waals surface area contributed by atoms with E-state index in [-0.39, 0.29) is 6.73 Å². The number of aliphatic imine (C=N–C) groups is 1. The number of hydrogen-bond acceptors (Lipinski definition) is 5. The van der Waals surface area contributed by atoms with Gasteiger partial charge in [-0.25, -0.2) is 4.79 Å². The van der Waals surface area contributed by atoms with Crippen LogP contribution in [0, 0.1) is 0 Å². The SMILES string of the molecule is CO[Si](C)(OC)OCN=C=O. The fraction of sp³-hybridized carbons (Fsp3) is 0.800. The van der Waals surface area contributed by atoms with Gasteiger partial charge in [0.1, 0.15) is 6.73 Å². The highest BCUT2D eigenvalue weighted by molar-refractivity contribution is 6.59. The lowest BCUT2D eigenvalue weighted by Gasteiger charge is -2.19. The number of isocyanates is 1. The zero-order valence-electron chi connectivity index (χ0n) is 6.79. The molecule has 0 aliphatic heterocycles. The molecule has 0 aliphatic rings. The van der Waals surface area contributed by atoms with E-state index in [1.54, 1.807) is 6.55 Å². The van der Waals surface area contributed by atoms with Crippen LogP contribution in [0.25, 0.3) is 0 Å². The maximum absolute atomic E-state index is 9.63. The summed E-state index contributed by atoms with van der Waals surface area (Å²) in [4.78, 5) is 12.8. The third-order valence-corrected chi connectivity index (χ3v) is 3.33. The second-order valence-corrected chi connectivity index (χ2v) is 4.62. The molecule has 64 valence electrons. The van der Waals surface area contributed by atoms with Crippen molar-refractivity contribution < 1.29 is 18.1 Å². The summed E-state index contributed by atoms with van der Waals surface area (Å²) in [6, 6.07) is 0. The first-order valence-electron chi connectivity index (χ1n) is 2.96. The van der Waals surface area contributed by atoms with Crippen LogP contribution >= 0.6 is 0 Å². The molecule has 0 heterocycles. The summed E-state index contributed by atoms with van der Waals surface area (Å²) in [5, 5.41) is 0. The molecule has 0 amide bonds. The van der Waals surface area contributed by atoms with Crippen molar-refractivity contribution in [2.24, 2.45) is 4.99 Å².